The third-order valence-corrected chi connectivity index (χ3v) is 7.71. The van der Waals surface area contributed by atoms with Gasteiger partial charge in [0.1, 0.15) is 15.5 Å². The van der Waals surface area contributed by atoms with E-state index in [0.29, 0.717) is 43.8 Å². The highest BCUT2D eigenvalue weighted by molar-refractivity contribution is 7.21. The van der Waals surface area contributed by atoms with Gasteiger partial charge in [0.15, 0.2) is 0 Å². The average molecular weight is 532 g/mol. The van der Waals surface area contributed by atoms with E-state index in [1.54, 1.807) is 11.1 Å². The number of nitrogens with one attached hydrogen (secondary N) is 1. The maximum absolute atomic E-state index is 13.8. The lowest BCUT2D eigenvalue weighted by Gasteiger charge is -2.34. The molecule has 4 aromatic rings. The van der Waals surface area contributed by atoms with Crippen molar-refractivity contribution in [2.75, 3.05) is 30.3 Å². The highest BCUT2D eigenvalue weighted by atomic mass is 32.1. The number of nitrogen functional groups attached to an aromatic ring is 1. The Labute approximate surface area is 213 Å². The number of para-hydroxylation sites is 1. The Bertz CT molecular complexity index is 1460. The Morgan fingerprint density at radius 2 is 1.97 bits per heavy atom. The lowest BCUT2D eigenvalue weighted by atomic mass is 10.0. The average Bonchev–Trinajstić information content (AvgIpc) is 3.22. The molecule has 0 radical (unpaired) electrons. The van der Waals surface area contributed by atoms with Crippen LogP contribution < -0.4 is 16.0 Å². The minimum atomic E-state index is -4.71. The van der Waals surface area contributed by atoms with Crippen LogP contribution in [0, 0.1) is 0 Å². The molecule has 1 fully saturated rings. The zero-order valence-corrected chi connectivity index (χ0v) is 20.3. The molecule has 12 heteroatoms. The lowest BCUT2D eigenvalue weighted by molar-refractivity contribution is -0.136. The maximum Gasteiger partial charge on any atom is 0.417 e. The first-order valence-corrected chi connectivity index (χ1v) is 12.5. The monoisotopic (exact) mass is 531 g/mol. The third-order valence-electron chi connectivity index (χ3n) is 6.63. The number of nitrogens with two attached hydrogens (primary N) is 1. The zero-order chi connectivity index (χ0) is 26.3. The van der Waals surface area contributed by atoms with Crippen molar-refractivity contribution in [3.63, 3.8) is 0 Å². The second kappa shape index (κ2) is 9.77. The van der Waals surface area contributed by atoms with Gasteiger partial charge >= 0.3 is 12.1 Å². The van der Waals surface area contributed by atoms with Crippen molar-refractivity contribution in [2.24, 2.45) is 0 Å². The molecule has 1 aliphatic heterocycles. The predicted molar refractivity (Wildman–Crippen MR) is 136 cm³/mol. The smallest absolute Gasteiger partial charge is 0.417 e. The van der Waals surface area contributed by atoms with Crippen LogP contribution in [0.5, 0.6) is 0 Å². The predicted octanol–water partition coefficient (Wildman–Crippen LogP) is 4.44. The summed E-state index contributed by atoms with van der Waals surface area (Å²) in [6, 6.07) is 10.4. The summed E-state index contributed by atoms with van der Waals surface area (Å²) in [7, 11) is 0. The van der Waals surface area contributed by atoms with Gasteiger partial charge in [-0.25, -0.2) is 9.78 Å². The van der Waals surface area contributed by atoms with Crippen molar-refractivity contribution < 1.29 is 28.2 Å². The molecule has 1 atom stereocenters. The molecule has 1 aliphatic rings. The molecule has 0 bridgehead atoms. The zero-order valence-electron chi connectivity index (χ0n) is 19.5. The number of thiophene rings is 1. The molecule has 0 amide bonds. The molecule has 1 unspecified atom stereocenters. The normalized spacial score (nSPS) is 15.9. The van der Waals surface area contributed by atoms with Gasteiger partial charge in [-0.05, 0) is 25.0 Å². The van der Waals surface area contributed by atoms with Crippen molar-refractivity contribution in [3.8, 4) is 0 Å². The number of aromatic nitrogens is 2. The number of halogens is 3. The number of aliphatic hydroxyl groups is 1. The number of aromatic carboxylic acids is 1. The van der Waals surface area contributed by atoms with Gasteiger partial charge in [-0.2, -0.15) is 13.2 Å². The number of hydrogen-bond acceptors (Lipinski definition) is 8. The molecule has 5 N–H and O–H groups in total. The number of carboxylic acids is 1. The van der Waals surface area contributed by atoms with E-state index < -0.39 is 29.5 Å². The number of aliphatic hydroxyl groups excluding tert-OH is 1. The number of piperidine rings is 1. The minimum Gasteiger partial charge on any atom is -0.477 e. The molecular weight excluding hydrogens is 507 g/mol. The Morgan fingerprint density at radius 3 is 2.68 bits per heavy atom. The molecule has 194 valence electrons. The molecule has 0 saturated carbocycles. The number of pyridine rings is 2. The van der Waals surface area contributed by atoms with E-state index in [9.17, 15) is 28.2 Å². The van der Waals surface area contributed by atoms with Gasteiger partial charge in [0, 0.05) is 48.2 Å². The highest BCUT2D eigenvalue weighted by Gasteiger charge is 2.37. The number of alkyl halides is 3. The summed E-state index contributed by atoms with van der Waals surface area (Å²) in [4.78, 5) is 21.5. The summed E-state index contributed by atoms with van der Waals surface area (Å²) in [5.74, 6) is -1.25. The van der Waals surface area contributed by atoms with Crippen molar-refractivity contribution in [1.82, 2.24) is 15.3 Å². The number of hydrogen-bond donors (Lipinski definition) is 4. The number of anilines is 2. The fourth-order valence-electron chi connectivity index (χ4n) is 4.75. The number of carbonyl (C=O) groups is 1. The largest absolute Gasteiger partial charge is 0.477 e. The molecule has 0 aliphatic carbocycles. The van der Waals surface area contributed by atoms with Crippen molar-refractivity contribution in [3.05, 3.63) is 58.6 Å². The lowest BCUT2D eigenvalue weighted by Crippen LogP contribution is -2.44. The first kappa shape index (κ1) is 25.2. The van der Waals surface area contributed by atoms with Crippen LogP contribution in [-0.2, 0) is 6.18 Å². The molecule has 1 aromatic carbocycles. The summed E-state index contributed by atoms with van der Waals surface area (Å²) in [6.07, 6.45) is -2.52. The maximum atomic E-state index is 13.8. The molecule has 5 rings (SSSR count). The van der Waals surface area contributed by atoms with Gasteiger partial charge in [-0.1, -0.05) is 24.3 Å². The SMILES string of the molecule is Nc1c(C(=O)O)sc2nc(N3CCC(NCC(O)c4cccc5cccnc45)CC3)cc(C(F)(F)F)c12. The van der Waals surface area contributed by atoms with Crippen LogP contribution in [-0.4, -0.2) is 51.8 Å². The van der Waals surface area contributed by atoms with Gasteiger partial charge in [-0.15, -0.1) is 11.3 Å². The van der Waals surface area contributed by atoms with Crippen LogP contribution in [0.25, 0.3) is 21.1 Å². The van der Waals surface area contributed by atoms with Crippen LogP contribution in [0.4, 0.5) is 24.7 Å². The van der Waals surface area contributed by atoms with E-state index >= 15 is 0 Å². The molecule has 1 saturated heterocycles. The molecule has 0 spiro atoms. The van der Waals surface area contributed by atoms with Gasteiger partial charge in [0.05, 0.1) is 22.9 Å². The van der Waals surface area contributed by atoms with Gasteiger partial charge in [-0.3, -0.25) is 4.98 Å². The molecule has 8 nitrogen and oxygen atoms in total. The standard InChI is InChI=1S/C25H24F3N5O3S/c26-25(27,28)16-11-18(32-23-19(16)20(29)22(37-23)24(35)36)33-9-6-14(7-10-33)31-12-17(34)15-5-1-3-13-4-2-8-30-21(13)15/h1-5,8,11,14,17,31,34H,6-7,9-10,12,29H2,(H,35,36). The molecule has 3 aromatic heterocycles. The second-order valence-electron chi connectivity index (χ2n) is 8.96. The summed E-state index contributed by atoms with van der Waals surface area (Å²) in [5, 5.41) is 24.0. The summed E-state index contributed by atoms with van der Waals surface area (Å²) in [5.41, 5.74) is 5.84. The van der Waals surface area contributed by atoms with Crippen LogP contribution in [0.2, 0.25) is 0 Å². The third kappa shape index (κ3) is 4.91. The summed E-state index contributed by atoms with van der Waals surface area (Å²) in [6.45, 7) is 1.22. The van der Waals surface area contributed by atoms with E-state index in [4.69, 9.17) is 5.73 Å². The van der Waals surface area contributed by atoms with Crippen LogP contribution in [0.3, 0.4) is 0 Å². The Morgan fingerprint density at radius 1 is 1.24 bits per heavy atom. The number of nitrogens with zero attached hydrogens (tertiary/aromatic N) is 3. The van der Waals surface area contributed by atoms with Gasteiger partial charge < -0.3 is 26.2 Å². The van der Waals surface area contributed by atoms with Crippen molar-refractivity contribution in [2.45, 2.75) is 31.2 Å². The first-order chi connectivity index (χ1) is 17.6. The fraction of sp³-hybridized carbons (Fsp3) is 0.320. The summed E-state index contributed by atoms with van der Waals surface area (Å²) >= 11 is 0.643. The van der Waals surface area contributed by atoms with Crippen LogP contribution >= 0.6 is 11.3 Å². The second-order valence-corrected chi connectivity index (χ2v) is 9.96. The quantitative estimate of drug-likeness (QED) is 0.288. The highest BCUT2D eigenvalue weighted by Crippen LogP contribution is 2.43. The van der Waals surface area contributed by atoms with Crippen molar-refractivity contribution >= 4 is 49.9 Å². The van der Waals surface area contributed by atoms with Gasteiger partial charge in [0.25, 0.3) is 0 Å². The van der Waals surface area contributed by atoms with Crippen molar-refractivity contribution in [1.29, 1.82) is 0 Å². The number of carboxylic acid groups (broad SMARTS) is 1. The van der Waals surface area contributed by atoms with Crippen LogP contribution in [0.15, 0.2) is 42.6 Å². The number of benzene rings is 1. The number of fused-ring (bicyclic) bond motifs is 2. The minimum absolute atomic E-state index is 0.0493. The Kier molecular flexibility index (Phi) is 6.65. The molecular formula is C25H24F3N5O3S. The van der Waals surface area contributed by atoms with E-state index in [1.165, 1.54) is 0 Å². The van der Waals surface area contributed by atoms with E-state index in [-0.39, 0.29) is 27.0 Å². The Hall–Kier alpha value is -3.48. The fourth-order valence-corrected chi connectivity index (χ4v) is 5.70. The van der Waals surface area contributed by atoms with E-state index in [0.717, 1.165) is 22.5 Å². The van der Waals surface area contributed by atoms with Crippen LogP contribution in [0.1, 0.15) is 39.7 Å². The van der Waals surface area contributed by atoms with E-state index in [1.807, 2.05) is 30.3 Å². The summed E-state index contributed by atoms with van der Waals surface area (Å²) < 4.78 is 41.5. The van der Waals surface area contributed by atoms with E-state index in [2.05, 4.69) is 15.3 Å². The first-order valence-electron chi connectivity index (χ1n) is 11.7. The molecule has 37 heavy (non-hydrogen) atoms. The topological polar surface area (TPSA) is 125 Å². The van der Waals surface area contributed by atoms with Gasteiger partial charge in [0.2, 0.25) is 0 Å². The Balaban J connectivity index is 1.28. The molecule has 4 heterocycles. The number of rotatable bonds is 6.